The smallest absolute Gasteiger partial charge is 0.226 e. The van der Waals surface area contributed by atoms with Gasteiger partial charge in [0.25, 0.3) is 0 Å². The van der Waals surface area contributed by atoms with Crippen molar-refractivity contribution in [2.24, 2.45) is 0 Å². The molecule has 1 aliphatic heterocycles. The number of aromatic nitrogens is 3. The van der Waals surface area contributed by atoms with Gasteiger partial charge in [-0.15, -0.1) is 5.10 Å². The molecule has 0 amide bonds. The zero-order chi connectivity index (χ0) is 14.3. The van der Waals surface area contributed by atoms with Crippen molar-refractivity contribution >= 4 is 18.2 Å². The third-order valence-electron chi connectivity index (χ3n) is 5.02. The monoisotopic (exact) mass is 295 g/mol. The average Bonchev–Trinajstić information content (AvgIpc) is 3.04. The molecule has 6 heteroatoms. The molecule has 0 bridgehead atoms. The Bertz CT molecular complexity index is 504. The number of hydrogen-bond acceptors (Lipinski definition) is 4. The Kier molecular flexibility index (Phi) is 3.86. The van der Waals surface area contributed by atoms with Crippen molar-refractivity contribution in [3.05, 3.63) is 4.77 Å². The molecule has 2 aliphatic rings. The SMILES string of the molecule is CC1CN(c2n[nH]c(=S)n2C2CCCC2)CC(C)N1C. The third-order valence-corrected chi connectivity index (χ3v) is 5.31. The molecule has 0 radical (unpaired) electrons. The molecule has 2 atom stereocenters. The minimum atomic E-state index is 0.543. The van der Waals surface area contributed by atoms with Crippen LogP contribution in [-0.2, 0) is 0 Å². The summed E-state index contributed by atoms with van der Waals surface area (Å²) in [6, 6.07) is 1.63. The van der Waals surface area contributed by atoms with Crippen LogP contribution in [0.2, 0.25) is 0 Å². The van der Waals surface area contributed by atoms with Crippen LogP contribution < -0.4 is 4.90 Å². The molecule has 112 valence electrons. The average molecular weight is 295 g/mol. The van der Waals surface area contributed by atoms with Gasteiger partial charge in [0.05, 0.1) is 0 Å². The zero-order valence-corrected chi connectivity index (χ0v) is 13.5. The molecule has 1 saturated carbocycles. The second-order valence-electron chi connectivity index (χ2n) is 6.41. The predicted octanol–water partition coefficient (Wildman–Crippen LogP) is 2.58. The van der Waals surface area contributed by atoms with Crippen molar-refractivity contribution in [1.29, 1.82) is 0 Å². The van der Waals surface area contributed by atoms with E-state index in [2.05, 4.69) is 45.5 Å². The largest absolute Gasteiger partial charge is 0.338 e. The predicted molar refractivity (Wildman–Crippen MR) is 83.8 cm³/mol. The van der Waals surface area contributed by atoms with E-state index in [0.717, 1.165) is 23.8 Å². The van der Waals surface area contributed by atoms with E-state index in [0.29, 0.717) is 18.1 Å². The van der Waals surface area contributed by atoms with Gasteiger partial charge >= 0.3 is 0 Å². The summed E-state index contributed by atoms with van der Waals surface area (Å²) in [6.45, 7) is 6.61. The minimum absolute atomic E-state index is 0.543. The van der Waals surface area contributed by atoms with Gasteiger partial charge in [0.1, 0.15) is 0 Å². The first-order valence-electron chi connectivity index (χ1n) is 7.71. The Balaban J connectivity index is 1.89. The first kappa shape index (κ1) is 14.1. The van der Waals surface area contributed by atoms with Crippen LogP contribution in [0.25, 0.3) is 0 Å². The molecule has 2 unspecified atom stereocenters. The molecule has 1 aromatic rings. The molecule has 2 fully saturated rings. The lowest BCUT2D eigenvalue weighted by molar-refractivity contribution is 0.168. The second-order valence-corrected chi connectivity index (χ2v) is 6.79. The second kappa shape index (κ2) is 5.48. The van der Waals surface area contributed by atoms with Crippen molar-refractivity contribution in [3.8, 4) is 0 Å². The highest BCUT2D eigenvalue weighted by Crippen LogP contribution is 2.33. The van der Waals surface area contributed by atoms with Crippen LogP contribution in [0.5, 0.6) is 0 Å². The van der Waals surface area contributed by atoms with E-state index < -0.39 is 0 Å². The van der Waals surface area contributed by atoms with E-state index in [-0.39, 0.29) is 0 Å². The Morgan fingerprint density at radius 1 is 1.15 bits per heavy atom. The molecule has 0 aromatic carbocycles. The van der Waals surface area contributed by atoms with Crippen LogP contribution in [-0.4, -0.2) is 51.9 Å². The van der Waals surface area contributed by atoms with Gasteiger partial charge in [0.15, 0.2) is 4.77 Å². The lowest BCUT2D eigenvalue weighted by Crippen LogP contribution is -2.55. The lowest BCUT2D eigenvalue weighted by Gasteiger charge is -2.42. The van der Waals surface area contributed by atoms with E-state index in [1.807, 2.05) is 0 Å². The van der Waals surface area contributed by atoms with Gasteiger partial charge in [0, 0.05) is 31.2 Å². The van der Waals surface area contributed by atoms with Crippen LogP contribution in [0.1, 0.15) is 45.6 Å². The number of rotatable bonds is 2. The van der Waals surface area contributed by atoms with E-state index in [4.69, 9.17) is 12.2 Å². The first-order valence-corrected chi connectivity index (χ1v) is 8.12. The summed E-state index contributed by atoms with van der Waals surface area (Å²) in [4.78, 5) is 4.84. The fourth-order valence-corrected chi connectivity index (χ4v) is 3.86. The minimum Gasteiger partial charge on any atom is -0.338 e. The molecular weight excluding hydrogens is 270 g/mol. The van der Waals surface area contributed by atoms with Crippen LogP contribution in [0, 0.1) is 4.77 Å². The summed E-state index contributed by atoms with van der Waals surface area (Å²) < 4.78 is 3.05. The van der Waals surface area contributed by atoms with Crippen molar-refractivity contribution in [3.63, 3.8) is 0 Å². The van der Waals surface area contributed by atoms with Gasteiger partial charge in [-0.05, 0) is 46.0 Å². The van der Waals surface area contributed by atoms with Gasteiger partial charge in [-0.2, -0.15) is 0 Å². The normalized spacial score (nSPS) is 29.2. The molecular formula is C14H25N5S. The number of aromatic amines is 1. The Labute approximate surface area is 126 Å². The molecule has 1 N–H and O–H groups in total. The zero-order valence-electron chi connectivity index (χ0n) is 12.7. The highest BCUT2D eigenvalue weighted by molar-refractivity contribution is 7.71. The van der Waals surface area contributed by atoms with E-state index in [1.165, 1.54) is 25.7 Å². The highest BCUT2D eigenvalue weighted by atomic mass is 32.1. The van der Waals surface area contributed by atoms with Crippen LogP contribution >= 0.6 is 12.2 Å². The summed E-state index contributed by atoms with van der Waals surface area (Å²) in [5.41, 5.74) is 0. The Morgan fingerprint density at radius 3 is 2.35 bits per heavy atom. The highest BCUT2D eigenvalue weighted by Gasteiger charge is 2.31. The maximum atomic E-state index is 5.47. The van der Waals surface area contributed by atoms with Gasteiger partial charge in [-0.25, -0.2) is 5.10 Å². The number of nitrogens with one attached hydrogen (secondary N) is 1. The number of H-pyrrole nitrogens is 1. The fourth-order valence-electron chi connectivity index (χ4n) is 3.58. The first-order chi connectivity index (χ1) is 9.58. The van der Waals surface area contributed by atoms with Crippen molar-refractivity contribution in [1.82, 2.24) is 19.7 Å². The quantitative estimate of drug-likeness (QED) is 0.851. The fraction of sp³-hybridized carbons (Fsp3) is 0.857. The van der Waals surface area contributed by atoms with Crippen molar-refractivity contribution in [2.75, 3.05) is 25.0 Å². The van der Waals surface area contributed by atoms with Crippen LogP contribution in [0.15, 0.2) is 0 Å². The summed E-state index contributed by atoms with van der Waals surface area (Å²) in [5, 5.41) is 7.54. The van der Waals surface area contributed by atoms with E-state index in [9.17, 15) is 0 Å². The van der Waals surface area contributed by atoms with Crippen LogP contribution in [0.3, 0.4) is 0 Å². The molecule has 3 rings (SSSR count). The third kappa shape index (κ3) is 2.39. The summed E-state index contributed by atoms with van der Waals surface area (Å²) >= 11 is 5.47. The van der Waals surface area contributed by atoms with Gasteiger partial charge in [0.2, 0.25) is 5.95 Å². The van der Waals surface area contributed by atoms with Gasteiger partial charge < -0.3 is 4.90 Å². The van der Waals surface area contributed by atoms with Gasteiger partial charge in [-0.3, -0.25) is 9.47 Å². The molecule has 20 heavy (non-hydrogen) atoms. The lowest BCUT2D eigenvalue weighted by atomic mass is 10.1. The number of hydrogen-bond donors (Lipinski definition) is 1. The maximum absolute atomic E-state index is 5.47. The summed E-state index contributed by atoms with van der Waals surface area (Å²) in [5.74, 6) is 1.05. The van der Waals surface area contributed by atoms with Gasteiger partial charge in [-0.1, -0.05) is 12.8 Å². The number of nitrogens with zero attached hydrogens (tertiary/aromatic N) is 4. The molecule has 2 heterocycles. The van der Waals surface area contributed by atoms with Crippen LogP contribution in [0.4, 0.5) is 5.95 Å². The molecule has 1 aliphatic carbocycles. The topological polar surface area (TPSA) is 40.1 Å². The number of likely N-dealkylation sites (N-methyl/N-ethyl adjacent to an activating group) is 1. The molecule has 1 aromatic heterocycles. The number of anilines is 1. The summed E-state index contributed by atoms with van der Waals surface area (Å²) in [6.07, 6.45) is 5.10. The summed E-state index contributed by atoms with van der Waals surface area (Å²) in [7, 11) is 2.21. The molecule has 1 saturated heterocycles. The molecule has 5 nitrogen and oxygen atoms in total. The Hall–Kier alpha value is -0.880. The maximum Gasteiger partial charge on any atom is 0.226 e. The molecule has 0 spiro atoms. The standard InChI is InChI=1S/C14H25N5S/c1-10-8-18(9-11(2)17(10)3)13-15-16-14(20)19(13)12-6-4-5-7-12/h10-12H,4-9H2,1-3H3,(H,16,20). The van der Waals surface area contributed by atoms with Crippen molar-refractivity contribution in [2.45, 2.75) is 57.7 Å². The number of piperazine rings is 1. The van der Waals surface area contributed by atoms with E-state index >= 15 is 0 Å². The Morgan fingerprint density at radius 2 is 1.75 bits per heavy atom. The van der Waals surface area contributed by atoms with E-state index in [1.54, 1.807) is 0 Å². The van der Waals surface area contributed by atoms with Crippen molar-refractivity contribution < 1.29 is 0 Å².